The molecule has 21 heavy (non-hydrogen) atoms. The van der Waals surface area contributed by atoms with Crippen LogP contribution in [0.25, 0.3) is 0 Å². The first-order chi connectivity index (χ1) is 10.2. The highest BCUT2D eigenvalue weighted by Gasteiger charge is 2.20. The minimum absolute atomic E-state index is 0.119. The SMILES string of the molecule is CCCNC(c1ccccc1OC)c1cccc(F)c1Br. The van der Waals surface area contributed by atoms with Crippen molar-refractivity contribution in [3.63, 3.8) is 0 Å². The van der Waals surface area contributed by atoms with Gasteiger partial charge in [0.15, 0.2) is 0 Å². The summed E-state index contributed by atoms with van der Waals surface area (Å²) in [5, 5.41) is 3.47. The van der Waals surface area contributed by atoms with Crippen molar-refractivity contribution < 1.29 is 9.13 Å². The van der Waals surface area contributed by atoms with E-state index < -0.39 is 0 Å². The third-order valence-corrected chi connectivity index (χ3v) is 4.18. The molecule has 0 saturated heterocycles. The van der Waals surface area contributed by atoms with Crippen molar-refractivity contribution in [3.8, 4) is 5.75 Å². The molecule has 0 saturated carbocycles. The summed E-state index contributed by atoms with van der Waals surface area (Å²) in [5.41, 5.74) is 1.87. The Morgan fingerprint density at radius 1 is 1.14 bits per heavy atom. The number of nitrogens with one attached hydrogen (secondary N) is 1. The zero-order chi connectivity index (χ0) is 15.2. The van der Waals surface area contributed by atoms with E-state index in [9.17, 15) is 4.39 Å². The van der Waals surface area contributed by atoms with Gasteiger partial charge in [0, 0.05) is 5.56 Å². The van der Waals surface area contributed by atoms with E-state index in [0.29, 0.717) is 4.47 Å². The Morgan fingerprint density at radius 3 is 2.57 bits per heavy atom. The van der Waals surface area contributed by atoms with Gasteiger partial charge in [-0.2, -0.15) is 0 Å². The smallest absolute Gasteiger partial charge is 0.137 e. The molecule has 0 aromatic heterocycles. The Bertz CT molecular complexity index is 603. The lowest BCUT2D eigenvalue weighted by atomic mass is 9.97. The van der Waals surface area contributed by atoms with Crippen LogP contribution in [-0.2, 0) is 0 Å². The highest BCUT2D eigenvalue weighted by Crippen LogP contribution is 2.34. The Labute approximate surface area is 133 Å². The van der Waals surface area contributed by atoms with Crippen LogP contribution in [0.2, 0.25) is 0 Å². The van der Waals surface area contributed by atoms with Crippen molar-refractivity contribution in [2.75, 3.05) is 13.7 Å². The summed E-state index contributed by atoms with van der Waals surface area (Å²) in [6.07, 6.45) is 0.999. The van der Waals surface area contributed by atoms with Crippen molar-refractivity contribution in [1.29, 1.82) is 0 Å². The van der Waals surface area contributed by atoms with Gasteiger partial charge < -0.3 is 10.1 Å². The standard InChI is InChI=1S/C17H19BrFNO/c1-3-11-20-17(12-7-4-5-10-15(12)21-2)13-8-6-9-14(19)16(13)18/h4-10,17,20H,3,11H2,1-2H3. The number of hydrogen-bond donors (Lipinski definition) is 1. The van der Waals surface area contributed by atoms with Gasteiger partial charge in [-0.05, 0) is 46.6 Å². The molecule has 0 bridgehead atoms. The molecule has 0 aliphatic carbocycles. The molecule has 0 fully saturated rings. The third kappa shape index (κ3) is 3.63. The summed E-state index contributed by atoms with van der Waals surface area (Å²) in [5.74, 6) is 0.535. The van der Waals surface area contributed by atoms with Crippen LogP contribution in [0, 0.1) is 5.82 Å². The maximum Gasteiger partial charge on any atom is 0.137 e. The molecule has 4 heteroatoms. The molecule has 0 amide bonds. The Morgan fingerprint density at radius 2 is 1.86 bits per heavy atom. The summed E-state index contributed by atoms with van der Waals surface area (Å²) in [7, 11) is 1.65. The molecular formula is C17H19BrFNO. The zero-order valence-electron chi connectivity index (χ0n) is 12.2. The molecule has 0 spiro atoms. The van der Waals surface area contributed by atoms with Crippen molar-refractivity contribution in [2.45, 2.75) is 19.4 Å². The predicted octanol–water partition coefficient (Wildman–Crippen LogP) is 4.69. The van der Waals surface area contributed by atoms with Crippen molar-refractivity contribution >= 4 is 15.9 Å². The fraction of sp³-hybridized carbons (Fsp3) is 0.294. The molecule has 0 aliphatic rings. The molecule has 112 valence electrons. The van der Waals surface area contributed by atoms with Crippen molar-refractivity contribution in [1.82, 2.24) is 5.32 Å². The Balaban J connectivity index is 2.50. The lowest BCUT2D eigenvalue weighted by molar-refractivity contribution is 0.403. The van der Waals surface area contributed by atoms with E-state index >= 15 is 0 Å². The van der Waals surface area contributed by atoms with E-state index in [2.05, 4.69) is 28.2 Å². The Hall–Kier alpha value is -1.39. The maximum atomic E-state index is 13.9. The fourth-order valence-corrected chi connectivity index (χ4v) is 2.82. The number of halogens is 2. The molecule has 2 rings (SSSR count). The van der Waals surface area contributed by atoms with Gasteiger partial charge in [-0.15, -0.1) is 0 Å². The molecule has 2 nitrogen and oxygen atoms in total. The van der Waals surface area contributed by atoms with Crippen LogP contribution in [-0.4, -0.2) is 13.7 Å². The number of methoxy groups -OCH3 is 1. The van der Waals surface area contributed by atoms with E-state index in [-0.39, 0.29) is 11.9 Å². The molecule has 2 aromatic carbocycles. The minimum Gasteiger partial charge on any atom is -0.496 e. The van der Waals surface area contributed by atoms with Crippen molar-refractivity contribution in [2.24, 2.45) is 0 Å². The highest BCUT2D eigenvalue weighted by atomic mass is 79.9. The number of benzene rings is 2. The predicted molar refractivity (Wildman–Crippen MR) is 87.2 cm³/mol. The van der Waals surface area contributed by atoms with E-state index in [4.69, 9.17) is 4.74 Å². The first-order valence-electron chi connectivity index (χ1n) is 6.99. The second-order valence-electron chi connectivity index (χ2n) is 4.77. The molecular weight excluding hydrogens is 333 g/mol. The summed E-state index contributed by atoms with van der Waals surface area (Å²) in [6.45, 7) is 2.94. The van der Waals surface area contributed by atoms with Gasteiger partial charge >= 0.3 is 0 Å². The summed E-state index contributed by atoms with van der Waals surface area (Å²) >= 11 is 3.36. The van der Waals surface area contributed by atoms with E-state index in [1.54, 1.807) is 13.2 Å². The van der Waals surface area contributed by atoms with E-state index in [1.807, 2.05) is 30.3 Å². The van der Waals surface area contributed by atoms with Crippen LogP contribution >= 0.6 is 15.9 Å². The van der Waals surface area contributed by atoms with Crippen LogP contribution in [0.3, 0.4) is 0 Å². The van der Waals surface area contributed by atoms with Gasteiger partial charge in [-0.3, -0.25) is 0 Å². The minimum atomic E-state index is -0.259. The van der Waals surface area contributed by atoms with E-state index in [0.717, 1.165) is 29.8 Å². The maximum absolute atomic E-state index is 13.9. The number of hydrogen-bond acceptors (Lipinski definition) is 2. The topological polar surface area (TPSA) is 21.3 Å². The molecule has 0 heterocycles. The van der Waals surface area contributed by atoms with Gasteiger partial charge in [0.05, 0.1) is 17.6 Å². The van der Waals surface area contributed by atoms with Crippen molar-refractivity contribution in [3.05, 3.63) is 63.9 Å². The van der Waals surface area contributed by atoms with Gasteiger partial charge in [-0.1, -0.05) is 37.3 Å². The number of para-hydroxylation sites is 1. The first-order valence-corrected chi connectivity index (χ1v) is 7.78. The average molecular weight is 352 g/mol. The molecule has 0 aliphatic heterocycles. The first kappa shape index (κ1) is 16.0. The zero-order valence-corrected chi connectivity index (χ0v) is 13.8. The second kappa shape index (κ2) is 7.57. The molecule has 1 atom stereocenters. The fourth-order valence-electron chi connectivity index (χ4n) is 2.32. The summed E-state index contributed by atoms with van der Waals surface area (Å²) in [4.78, 5) is 0. The highest BCUT2D eigenvalue weighted by molar-refractivity contribution is 9.10. The van der Waals surface area contributed by atoms with Crippen LogP contribution in [0.15, 0.2) is 46.9 Å². The third-order valence-electron chi connectivity index (χ3n) is 3.34. The van der Waals surface area contributed by atoms with Crippen LogP contribution in [0.5, 0.6) is 5.75 Å². The van der Waals surface area contributed by atoms with Gasteiger partial charge in [-0.25, -0.2) is 4.39 Å². The lowest BCUT2D eigenvalue weighted by Gasteiger charge is -2.23. The summed E-state index contributed by atoms with van der Waals surface area (Å²) < 4.78 is 19.8. The van der Waals surface area contributed by atoms with Gasteiger partial charge in [0.2, 0.25) is 0 Å². The van der Waals surface area contributed by atoms with Crippen LogP contribution < -0.4 is 10.1 Å². The summed E-state index contributed by atoms with van der Waals surface area (Å²) in [6, 6.07) is 12.8. The number of rotatable bonds is 6. The average Bonchev–Trinajstić information content (AvgIpc) is 2.52. The normalized spacial score (nSPS) is 12.2. The lowest BCUT2D eigenvalue weighted by Crippen LogP contribution is -2.24. The van der Waals surface area contributed by atoms with Crippen LogP contribution in [0.1, 0.15) is 30.5 Å². The molecule has 1 unspecified atom stereocenters. The van der Waals surface area contributed by atoms with Crippen LogP contribution in [0.4, 0.5) is 4.39 Å². The second-order valence-corrected chi connectivity index (χ2v) is 5.57. The Kier molecular flexibility index (Phi) is 5.76. The molecule has 1 N–H and O–H groups in total. The molecule has 0 radical (unpaired) electrons. The largest absolute Gasteiger partial charge is 0.496 e. The van der Waals surface area contributed by atoms with Gasteiger partial charge in [0.1, 0.15) is 11.6 Å². The van der Waals surface area contributed by atoms with Gasteiger partial charge in [0.25, 0.3) is 0 Å². The molecule has 2 aromatic rings. The van der Waals surface area contributed by atoms with E-state index in [1.165, 1.54) is 6.07 Å². The number of ether oxygens (including phenoxy) is 1. The quantitative estimate of drug-likeness (QED) is 0.815. The monoisotopic (exact) mass is 351 g/mol.